The van der Waals surface area contributed by atoms with Crippen LogP contribution in [-0.2, 0) is 10.4 Å². The zero-order valence-corrected chi connectivity index (χ0v) is 12.0. The summed E-state index contributed by atoms with van der Waals surface area (Å²) >= 11 is 0. The molecule has 1 aromatic carbocycles. The molecule has 9 heteroatoms. The standard InChI is InChI=1S/C12H16N2O2.H2O4S/c13-14-12(16)10-7-9(5-6-11(10)15)8-3-1-2-4-8;1-5(2,3)4/h5-8,15H,1-4,13H2,(H,14,16);(H2,1,2,3,4). The van der Waals surface area contributed by atoms with E-state index in [0.717, 1.165) is 18.4 Å². The van der Waals surface area contributed by atoms with Crippen molar-refractivity contribution >= 4 is 16.3 Å². The van der Waals surface area contributed by atoms with Crippen LogP contribution in [-0.4, -0.2) is 28.5 Å². The summed E-state index contributed by atoms with van der Waals surface area (Å²) in [6.45, 7) is 0. The van der Waals surface area contributed by atoms with Gasteiger partial charge < -0.3 is 5.11 Å². The Morgan fingerprint density at radius 3 is 2.24 bits per heavy atom. The van der Waals surface area contributed by atoms with Crippen LogP contribution >= 0.6 is 0 Å². The van der Waals surface area contributed by atoms with E-state index >= 15 is 0 Å². The highest BCUT2D eigenvalue weighted by molar-refractivity contribution is 7.79. The highest BCUT2D eigenvalue weighted by atomic mass is 32.3. The number of aromatic hydroxyl groups is 1. The summed E-state index contributed by atoms with van der Waals surface area (Å²) < 4.78 is 31.6. The number of carbonyl (C=O) groups excluding carboxylic acids is 1. The quantitative estimate of drug-likeness (QED) is 0.236. The maximum Gasteiger partial charge on any atom is 0.394 e. The minimum atomic E-state index is -4.67. The summed E-state index contributed by atoms with van der Waals surface area (Å²) in [7, 11) is -4.67. The molecule has 8 nitrogen and oxygen atoms in total. The average molecular weight is 318 g/mol. The number of rotatable bonds is 2. The molecule has 1 fully saturated rings. The van der Waals surface area contributed by atoms with Crippen LogP contribution in [0.3, 0.4) is 0 Å². The summed E-state index contributed by atoms with van der Waals surface area (Å²) in [5.41, 5.74) is 3.42. The second-order valence-electron chi connectivity index (χ2n) is 4.68. The maximum absolute atomic E-state index is 11.4. The Labute approximate surface area is 122 Å². The van der Waals surface area contributed by atoms with Gasteiger partial charge in [0.25, 0.3) is 5.91 Å². The van der Waals surface area contributed by atoms with E-state index in [0.29, 0.717) is 5.92 Å². The molecule has 1 amide bonds. The lowest BCUT2D eigenvalue weighted by Crippen LogP contribution is -2.30. The molecule has 0 aliphatic heterocycles. The van der Waals surface area contributed by atoms with Crippen molar-refractivity contribution < 1.29 is 27.4 Å². The second-order valence-corrected chi connectivity index (χ2v) is 5.57. The topological polar surface area (TPSA) is 150 Å². The lowest BCUT2D eigenvalue weighted by atomic mass is 9.95. The van der Waals surface area contributed by atoms with Crippen LogP contribution in [0.4, 0.5) is 0 Å². The van der Waals surface area contributed by atoms with Crippen molar-refractivity contribution in [2.75, 3.05) is 0 Å². The Bertz CT molecular complexity index is 588. The molecule has 0 radical (unpaired) electrons. The fourth-order valence-corrected chi connectivity index (χ4v) is 2.33. The van der Waals surface area contributed by atoms with Crippen LogP contribution in [0, 0.1) is 0 Å². The predicted molar refractivity (Wildman–Crippen MR) is 75.1 cm³/mol. The van der Waals surface area contributed by atoms with Gasteiger partial charge in [-0.15, -0.1) is 0 Å². The second kappa shape index (κ2) is 7.36. The molecule has 0 saturated heterocycles. The first-order chi connectivity index (χ1) is 9.72. The largest absolute Gasteiger partial charge is 0.507 e. The minimum Gasteiger partial charge on any atom is -0.507 e. The molecule has 2 rings (SSSR count). The maximum atomic E-state index is 11.4. The monoisotopic (exact) mass is 318 g/mol. The molecule has 118 valence electrons. The third-order valence-electron chi connectivity index (χ3n) is 3.22. The van der Waals surface area contributed by atoms with Gasteiger partial charge in [-0.25, -0.2) is 5.84 Å². The predicted octanol–water partition coefficient (Wildman–Crippen LogP) is 1.00. The normalized spacial score (nSPS) is 15.2. The van der Waals surface area contributed by atoms with E-state index in [1.807, 2.05) is 11.5 Å². The first-order valence-corrected chi connectivity index (χ1v) is 7.66. The number of phenolic OH excluding ortho intramolecular Hbond substituents is 1. The van der Waals surface area contributed by atoms with Crippen molar-refractivity contribution in [2.24, 2.45) is 5.84 Å². The number of carbonyl (C=O) groups is 1. The van der Waals surface area contributed by atoms with Crippen LogP contribution in [0.5, 0.6) is 5.75 Å². The van der Waals surface area contributed by atoms with Crippen molar-refractivity contribution in [1.82, 2.24) is 5.43 Å². The number of hydrogen-bond donors (Lipinski definition) is 5. The number of nitrogens with one attached hydrogen (secondary N) is 1. The summed E-state index contributed by atoms with van der Waals surface area (Å²) in [5.74, 6) is 5.11. The molecule has 21 heavy (non-hydrogen) atoms. The van der Waals surface area contributed by atoms with Crippen LogP contribution in [0.2, 0.25) is 0 Å². The summed E-state index contributed by atoms with van der Waals surface area (Å²) in [5, 5.41) is 9.56. The third kappa shape index (κ3) is 6.08. The Balaban J connectivity index is 0.000000383. The molecule has 0 unspecified atom stereocenters. The van der Waals surface area contributed by atoms with Gasteiger partial charge in [-0.1, -0.05) is 18.9 Å². The highest BCUT2D eigenvalue weighted by Gasteiger charge is 2.19. The molecule has 0 aromatic heterocycles. The van der Waals surface area contributed by atoms with Gasteiger partial charge >= 0.3 is 10.4 Å². The molecule has 0 bridgehead atoms. The van der Waals surface area contributed by atoms with Gasteiger partial charge in [0.15, 0.2) is 0 Å². The average Bonchev–Trinajstić information content (AvgIpc) is 2.90. The van der Waals surface area contributed by atoms with E-state index in [1.165, 1.54) is 12.8 Å². The van der Waals surface area contributed by atoms with Crippen molar-refractivity contribution in [3.05, 3.63) is 29.3 Å². The first-order valence-electron chi connectivity index (χ1n) is 6.26. The number of benzene rings is 1. The Hall–Kier alpha value is -1.68. The number of amides is 1. The van der Waals surface area contributed by atoms with Gasteiger partial charge in [0.05, 0.1) is 5.56 Å². The zero-order valence-electron chi connectivity index (χ0n) is 11.2. The zero-order chi connectivity index (χ0) is 16.0. The fraction of sp³-hybridized carbons (Fsp3) is 0.417. The van der Waals surface area contributed by atoms with Gasteiger partial charge in [-0.2, -0.15) is 8.42 Å². The van der Waals surface area contributed by atoms with Gasteiger partial charge in [-0.3, -0.25) is 19.3 Å². The molecule has 0 heterocycles. The molecule has 1 aliphatic carbocycles. The molecule has 0 atom stereocenters. The lowest BCUT2D eigenvalue weighted by molar-refractivity contribution is 0.0951. The van der Waals surface area contributed by atoms with E-state index in [2.05, 4.69) is 0 Å². The number of nitrogens with two attached hydrogens (primary N) is 1. The number of hydrazine groups is 1. The van der Waals surface area contributed by atoms with Gasteiger partial charge in [0.2, 0.25) is 0 Å². The van der Waals surface area contributed by atoms with Crippen molar-refractivity contribution in [2.45, 2.75) is 31.6 Å². The lowest BCUT2D eigenvalue weighted by Gasteiger charge is -2.11. The van der Waals surface area contributed by atoms with Crippen LogP contribution in [0.25, 0.3) is 0 Å². The van der Waals surface area contributed by atoms with E-state index in [4.69, 9.17) is 23.4 Å². The number of nitrogen functional groups attached to an aromatic ring is 1. The summed E-state index contributed by atoms with van der Waals surface area (Å²) in [4.78, 5) is 11.4. The summed E-state index contributed by atoms with van der Waals surface area (Å²) in [6.07, 6.45) is 4.80. The SMILES string of the molecule is NNC(=O)c1cc(C2CCCC2)ccc1O.O=S(=O)(O)O. The van der Waals surface area contributed by atoms with Crippen molar-refractivity contribution in [3.63, 3.8) is 0 Å². The smallest absolute Gasteiger partial charge is 0.394 e. The van der Waals surface area contributed by atoms with Gasteiger partial charge in [-0.05, 0) is 36.5 Å². The molecular formula is C12H18N2O6S. The van der Waals surface area contributed by atoms with Crippen LogP contribution in [0.1, 0.15) is 47.5 Å². The van der Waals surface area contributed by atoms with E-state index in [1.54, 1.807) is 12.1 Å². The third-order valence-corrected chi connectivity index (χ3v) is 3.22. The minimum absolute atomic E-state index is 0.0234. The molecular weight excluding hydrogens is 300 g/mol. The van der Waals surface area contributed by atoms with Crippen molar-refractivity contribution in [3.8, 4) is 5.75 Å². The molecule has 0 spiro atoms. The fourth-order valence-electron chi connectivity index (χ4n) is 2.33. The van der Waals surface area contributed by atoms with E-state index < -0.39 is 16.3 Å². The van der Waals surface area contributed by atoms with Gasteiger partial charge in [0, 0.05) is 0 Å². The number of hydrogen-bond acceptors (Lipinski definition) is 5. The first kappa shape index (κ1) is 17.4. The van der Waals surface area contributed by atoms with E-state index in [9.17, 15) is 9.90 Å². The van der Waals surface area contributed by atoms with E-state index in [-0.39, 0.29) is 11.3 Å². The molecule has 6 N–H and O–H groups in total. The van der Waals surface area contributed by atoms with Crippen LogP contribution in [0.15, 0.2) is 18.2 Å². The van der Waals surface area contributed by atoms with Crippen molar-refractivity contribution in [1.29, 1.82) is 0 Å². The van der Waals surface area contributed by atoms with Crippen LogP contribution < -0.4 is 11.3 Å². The molecule has 1 aliphatic rings. The summed E-state index contributed by atoms with van der Waals surface area (Å²) in [6, 6.07) is 5.20. The highest BCUT2D eigenvalue weighted by Crippen LogP contribution is 2.35. The molecule has 1 saturated carbocycles. The Kier molecular flexibility index (Phi) is 6.09. The number of phenols is 1. The Morgan fingerprint density at radius 1 is 1.24 bits per heavy atom. The van der Waals surface area contributed by atoms with Gasteiger partial charge in [0.1, 0.15) is 5.75 Å². The molecule has 1 aromatic rings. The Morgan fingerprint density at radius 2 is 1.76 bits per heavy atom.